The average Bonchev–Trinajstić information content (AvgIpc) is 1.72. The van der Waals surface area contributed by atoms with Crippen LogP contribution in [0, 0.1) is 0 Å². The third kappa shape index (κ3) is 16.4. The molecule has 47 valence electrons. The molecule has 0 aromatic rings. The summed E-state index contributed by atoms with van der Waals surface area (Å²) in [4.78, 5) is 9.60. The Balaban J connectivity index is 0. The van der Waals surface area contributed by atoms with Crippen LogP contribution in [0.1, 0.15) is 19.8 Å². The van der Waals surface area contributed by atoms with E-state index < -0.39 is 5.97 Å². The van der Waals surface area contributed by atoms with Crippen molar-refractivity contribution in [3.63, 3.8) is 0 Å². The first kappa shape index (κ1) is 11.0. The molecule has 0 heterocycles. The van der Waals surface area contributed by atoms with Gasteiger partial charge in [0.25, 0.3) is 0 Å². The Bertz CT molecular complexity index is 55.2. The molecule has 3 nitrogen and oxygen atoms in total. The summed E-state index contributed by atoms with van der Waals surface area (Å²) < 4.78 is 7.00. The zero-order valence-corrected chi connectivity index (χ0v) is 6.28. The zero-order valence-electron chi connectivity index (χ0n) is 4.72. The van der Waals surface area contributed by atoms with Gasteiger partial charge in [-0.1, -0.05) is 6.92 Å². The minimum absolute atomic E-state index is 0.292. The molecule has 0 bridgehead atoms. The SMILES string of the molecule is CCCC(=O)O.[OH][Ti]. The first-order valence-corrected chi connectivity index (χ1v) is 2.91. The summed E-state index contributed by atoms with van der Waals surface area (Å²) in [6.07, 6.45) is 1.02. The van der Waals surface area contributed by atoms with Gasteiger partial charge in [0.2, 0.25) is 0 Å². The average molecular weight is 153 g/mol. The van der Waals surface area contributed by atoms with Gasteiger partial charge in [-0.25, -0.2) is 0 Å². The quantitative estimate of drug-likeness (QED) is 0.561. The summed E-state index contributed by atoms with van der Waals surface area (Å²) >= 11 is 1.00. The van der Waals surface area contributed by atoms with E-state index in [4.69, 9.17) is 8.79 Å². The molecule has 0 fully saturated rings. The van der Waals surface area contributed by atoms with Crippen molar-refractivity contribution in [2.75, 3.05) is 0 Å². The molecule has 0 aromatic carbocycles. The van der Waals surface area contributed by atoms with Crippen LogP contribution in [0.25, 0.3) is 0 Å². The molecule has 0 aliphatic rings. The Hall–Kier alpha value is 0.144. The van der Waals surface area contributed by atoms with Crippen LogP contribution >= 0.6 is 0 Å². The topological polar surface area (TPSA) is 57.5 Å². The molecular formula is C4H9O3Ti. The molecule has 2 N–H and O–H groups in total. The van der Waals surface area contributed by atoms with Gasteiger partial charge in [0.15, 0.2) is 0 Å². The van der Waals surface area contributed by atoms with Crippen molar-refractivity contribution < 1.29 is 34.4 Å². The summed E-state index contributed by atoms with van der Waals surface area (Å²) in [6, 6.07) is 0. The van der Waals surface area contributed by atoms with Gasteiger partial charge in [0.05, 0.1) is 0 Å². The van der Waals surface area contributed by atoms with E-state index in [-0.39, 0.29) is 0 Å². The second-order valence-corrected chi connectivity index (χ2v) is 1.14. The number of aliphatic carboxylic acids is 1. The molecule has 8 heavy (non-hydrogen) atoms. The Morgan fingerprint density at radius 1 is 1.62 bits per heavy atom. The number of hydrogen-bond donors (Lipinski definition) is 2. The summed E-state index contributed by atoms with van der Waals surface area (Å²) in [5, 5.41) is 7.91. The van der Waals surface area contributed by atoms with E-state index in [1.165, 1.54) is 0 Å². The summed E-state index contributed by atoms with van der Waals surface area (Å²) in [6.45, 7) is 1.84. The van der Waals surface area contributed by atoms with Gasteiger partial charge in [0.1, 0.15) is 0 Å². The Kier molecular flexibility index (Phi) is 14.0. The van der Waals surface area contributed by atoms with Gasteiger partial charge >= 0.3 is 30.5 Å². The normalized spacial score (nSPS) is 6.62. The summed E-state index contributed by atoms with van der Waals surface area (Å²) in [7, 11) is 0. The van der Waals surface area contributed by atoms with Gasteiger partial charge in [-0.2, -0.15) is 0 Å². The monoisotopic (exact) mass is 153 g/mol. The van der Waals surface area contributed by atoms with Crippen molar-refractivity contribution in [1.29, 1.82) is 0 Å². The van der Waals surface area contributed by atoms with Crippen LogP contribution in [0.4, 0.5) is 0 Å². The predicted molar refractivity (Wildman–Crippen MR) is 24.8 cm³/mol. The van der Waals surface area contributed by atoms with Gasteiger partial charge < -0.3 is 5.11 Å². The molecule has 0 radical (unpaired) electrons. The Morgan fingerprint density at radius 2 is 2.00 bits per heavy atom. The minimum atomic E-state index is -0.711. The van der Waals surface area contributed by atoms with Crippen LogP contribution in [0.2, 0.25) is 0 Å². The van der Waals surface area contributed by atoms with Gasteiger partial charge in [-0.15, -0.1) is 0 Å². The first-order valence-electron chi connectivity index (χ1n) is 2.21. The van der Waals surface area contributed by atoms with Gasteiger partial charge in [-0.3, -0.25) is 4.79 Å². The molecule has 0 aromatic heterocycles. The van der Waals surface area contributed by atoms with E-state index in [2.05, 4.69) is 0 Å². The van der Waals surface area contributed by atoms with E-state index in [1.807, 2.05) is 6.92 Å². The van der Waals surface area contributed by atoms with Crippen LogP contribution in [-0.2, 0) is 25.6 Å². The standard InChI is InChI=1S/C4H8O2.H2O.Ti/c1-2-3-4(5)6;;/h2-3H2,1H3,(H,5,6);1H2;/q;;+1/p-1. The summed E-state index contributed by atoms with van der Waals surface area (Å²) in [5.41, 5.74) is 0. The molecule has 0 saturated heterocycles. The van der Waals surface area contributed by atoms with Crippen molar-refractivity contribution in [3.05, 3.63) is 0 Å². The molecule has 4 heteroatoms. The van der Waals surface area contributed by atoms with Crippen LogP contribution in [0.5, 0.6) is 0 Å². The van der Waals surface area contributed by atoms with E-state index in [0.717, 1.165) is 27.2 Å². The summed E-state index contributed by atoms with van der Waals surface area (Å²) in [5.74, 6) is -0.711. The number of carboxylic acid groups (broad SMARTS) is 1. The molecule has 0 unspecified atom stereocenters. The molecule has 0 atom stereocenters. The fraction of sp³-hybridized carbons (Fsp3) is 0.750. The predicted octanol–water partition coefficient (Wildman–Crippen LogP) is 0.312. The zero-order chi connectivity index (χ0) is 6.99. The fourth-order valence-corrected chi connectivity index (χ4v) is 0.214. The molecule has 0 saturated carbocycles. The number of carbonyl (C=O) groups is 1. The molecule has 0 amide bonds. The Morgan fingerprint density at radius 3 is 2.00 bits per heavy atom. The molecule has 0 rings (SSSR count). The Labute approximate surface area is 60.6 Å². The fourth-order valence-electron chi connectivity index (χ4n) is 0.214. The van der Waals surface area contributed by atoms with Crippen LogP contribution in [0.15, 0.2) is 0 Å². The van der Waals surface area contributed by atoms with E-state index in [0.29, 0.717) is 6.42 Å². The number of rotatable bonds is 2. The maximum atomic E-state index is 9.60. The van der Waals surface area contributed by atoms with Crippen LogP contribution < -0.4 is 0 Å². The van der Waals surface area contributed by atoms with E-state index >= 15 is 0 Å². The first-order chi connectivity index (χ1) is 3.77. The molecule has 0 aliphatic heterocycles. The third-order valence-electron chi connectivity index (χ3n) is 0.464. The van der Waals surface area contributed by atoms with Crippen molar-refractivity contribution in [2.24, 2.45) is 0 Å². The molecular weight excluding hydrogens is 144 g/mol. The second kappa shape index (κ2) is 10.2. The van der Waals surface area contributed by atoms with Crippen molar-refractivity contribution in [3.8, 4) is 0 Å². The van der Waals surface area contributed by atoms with Gasteiger partial charge in [-0.05, 0) is 6.42 Å². The molecule has 0 spiro atoms. The van der Waals surface area contributed by atoms with Crippen LogP contribution in [-0.4, -0.2) is 14.8 Å². The van der Waals surface area contributed by atoms with Gasteiger partial charge in [0, 0.05) is 6.42 Å². The van der Waals surface area contributed by atoms with E-state index in [9.17, 15) is 4.79 Å². The third-order valence-corrected chi connectivity index (χ3v) is 0.464. The van der Waals surface area contributed by atoms with Crippen LogP contribution in [0.3, 0.4) is 0 Å². The molecule has 0 aliphatic carbocycles. The van der Waals surface area contributed by atoms with Crippen molar-refractivity contribution in [2.45, 2.75) is 19.8 Å². The van der Waals surface area contributed by atoms with E-state index in [1.54, 1.807) is 0 Å². The second-order valence-electron chi connectivity index (χ2n) is 1.14. The number of carboxylic acids is 1. The number of hydrogen-bond acceptors (Lipinski definition) is 2. The van der Waals surface area contributed by atoms with Crippen molar-refractivity contribution in [1.82, 2.24) is 0 Å². The maximum absolute atomic E-state index is 9.60. The van der Waals surface area contributed by atoms with Crippen molar-refractivity contribution >= 4 is 5.97 Å².